The second-order valence-corrected chi connectivity index (χ2v) is 8.31. The first kappa shape index (κ1) is 17.2. The molecule has 0 aliphatic heterocycles. The first-order valence-corrected chi connectivity index (χ1v) is 10.6. The molecule has 6 nitrogen and oxygen atoms in total. The Morgan fingerprint density at radius 1 is 1.03 bits per heavy atom. The van der Waals surface area contributed by atoms with Crippen molar-refractivity contribution in [2.75, 3.05) is 0 Å². The van der Waals surface area contributed by atoms with Crippen molar-refractivity contribution in [3.63, 3.8) is 0 Å². The number of pyridine rings is 1. The van der Waals surface area contributed by atoms with Crippen LogP contribution in [0.5, 0.6) is 0 Å². The van der Waals surface area contributed by atoms with Crippen LogP contribution in [0.2, 0.25) is 0 Å². The molecule has 30 heavy (non-hydrogen) atoms. The molecular formula is C23H18N6S. The van der Waals surface area contributed by atoms with Crippen molar-refractivity contribution >= 4 is 33.3 Å². The lowest BCUT2D eigenvalue weighted by atomic mass is 10.1. The first-order valence-electron chi connectivity index (χ1n) is 9.68. The SMILES string of the molecule is Cc1ncc(-c2ccc3[nH]nc(-c4cc5c(-c6cccs6)ccnc5[nH]4)c3c2)n1C. The van der Waals surface area contributed by atoms with Gasteiger partial charge in [-0.1, -0.05) is 12.1 Å². The molecule has 0 saturated carbocycles. The number of thiophene rings is 1. The minimum atomic E-state index is 0.866. The van der Waals surface area contributed by atoms with Crippen molar-refractivity contribution in [1.82, 2.24) is 29.7 Å². The third-order valence-electron chi connectivity index (χ3n) is 5.65. The molecule has 0 spiro atoms. The monoisotopic (exact) mass is 410 g/mol. The van der Waals surface area contributed by atoms with Gasteiger partial charge in [-0.3, -0.25) is 5.10 Å². The molecule has 0 bridgehead atoms. The summed E-state index contributed by atoms with van der Waals surface area (Å²) in [6.45, 7) is 2.01. The second-order valence-electron chi connectivity index (χ2n) is 7.36. The molecule has 1 aromatic carbocycles. The van der Waals surface area contributed by atoms with E-state index in [1.807, 2.05) is 26.4 Å². The Labute approximate surface area is 176 Å². The first-order chi connectivity index (χ1) is 14.7. The Morgan fingerprint density at radius 2 is 1.97 bits per heavy atom. The van der Waals surface area contributed by atoms with Crippen molar-refractivity contribution in [3.8, 4) is 33.1 Å². The molecule has 0 saturated heterocycles. The number of aromatic nitrogens is 6. The number of H-pyrrole nitrogens is 2. The Bertz CT molecular complexity index is 1520. The van der Waals surface area contributed by atoms with Gasteiger partial charge in [0, 0.05) is 40.0 Å². The summed E-state index contributed by atoms with van der Waals surface area (Å²) in [5.74, 6) is 0.986. The fourth-order valence-electron chi connectivity index (χ4n) is 3.95. The summed E-state index contributed by atoms with van der Waals surface area (Å²) in [6, 6.07) is 14.8. The van der Waals surface area contributed by atoms with E-state index < -0.39 is 0 Å². The Kier molecular flexibility index (Phi) is 3.66. The van der Waals surface area contributed by atoms with Crippen molar-refractivity contribution in [2.45, 2.75) is 6.92 Å². The van der Waals surface area contributed by atoms with Gasteiger partial charge < -0.3 is 9.55 Å². The van der Waals surface area contributed by atoms with Gasteiger partial charge in [0.2, 0.25) is 0 Å². The number of fused-ring (bicyclic) bond motifs is 2. The maximum absolute atomic E-state index is 4.61. The minimum Gasteiger partial charge on any atom is -0.338 e. The smallest absolute Gasteiger partial charge is 0.138 e. The molecule has 2 N–H and O–H groups in total. The summed E-state index contributed by atoms with van der Waals surface area (Å²) < 4.78 is 2.10. The lowest BCUT2D eigenvalue weighted by molar-refractivity contribution is 0.865. The van der Waals surface area contributed by atoms with Gasteiger partial charge in [0.15, 0.2) is 0 Å². The van der Waals surface area contributed by atoms with Gasteiger partial charge in [0.1, 0.15) is 17.2 Å². The standard InChI is InChI=1S/C23H18N6S/c1-13-25-12-20(29(13)2)14-5-6-18-17(10-14)22(28-27-18)19-11-16-15(21-4-3-9-30-21)7-8-24-23(16)26-19/h3-12H,1-2H3,(H,24,26)(H,27,28). The molecule has 5 aromatic heterocycles. The maximum atomic E-state index is 4.61. The number of nitrogens with one attached hydrogen (secondary N) is 2. The number of aromatic amines is 2. The zero-order valence-electron chi connectivity index (χ0n) is 16.5. The number of aryl methyl sites for hydroxylation is 1. The summed E-state index contributed by atoms with van der Waals surface area (Å²) in [6.07, 6.45) is 3.76. The summed E-state index contributed by atoms with van der Waals surface area (Å²) in [5.41, 5.74) is 7.08. The predicted octanol–water partition coefficient (Wildman–Crippen LogP) is 5.54. The number of rotatable bonds is 3. The van der Waals surface area contributed by atoms with Crippen LogP contribution in [0.4, 0.5) is 0 Å². The number of hydrogen-bond acceptors (Lipinski definition) is 4. The highest BCUT2D eigenvalue weighted by Gasteiger charge is 2.16. The molecular weight excluding hydrogens is 392 g/mol. The van der Waals surface area contributed by atoms with Crippen molar-refractivity contribution < 1.29 is 0 Å². The van der Waals surface area contributed by atoms with E-state index in [0.717, 1.165) is 50.4 Å². The van der Waals surface area contributed by atoms with E-state index in [4.69, 9.17) is 0 Å². The molecule has 6 aromatic rings. The fourth-order valence-corrected chi connectivity index (χ4v) is 4.72. The van der Waals surface area contributed by atoms with Crippen LogP contribution in [-0.4, -0.2) is 29.7 Å². The van der Waals surface area contributed by atoms with Gasteiger partial charge in [0.25, 0.3) is 0 Å². The summed E-state index contributed by atoms with van der Waals surface area (Å²) >= 11 is 1.73. The largest absolute Gasteiger partial charge is 0.338 e. The van der Waals surface area contributed by atoms with E-state index in [0.29, 0.717) is 0 Å². The number of benzene rings is 1. The van der Waals surface area contributed by atoms with Crippen LogP contribution in [0.3, 0.4) is 0 Å². The third-order valence-corrected chi connectivity index (χ3v) is 6.56. The van der Waals surface area contributed by atoms with Crippen molar-refractivity contribution in [2.24, 2.45) is 7.05 Å². The topological polar surface area (TPSA) is 75.2 Å². The average molecular weight is 411 g/mol. The molecule has 0 fully saturated rings. The molecule has 0 radical (unpaired) electrons. The molecule has 7 heteroatoms. The zero-order chi connectivity index (χ0) is 20.2. The van der Waals surface area contributed by atoms with Crippen LogP contribution in [0.25, 0.3) is 55.0 Å². The van der Waals surface area contributed by atoms with Crippen molar-refractivity contribution in [1.29, 1.82) is 0 Å². The highest BCUT2D eigenvalue weighted by atomic mass is 32.1. The molecule has 0 unspecified atom stereocenters. The fraction of sp³-hybridized carbons (Fsp3) is 0.0870. The number of nitrogens with zero attached hydrogens (tertiary/aromatic N) is 4. The van der Waals surface area contributed by atoms with E-state index in [9.17, 15) is 0 Å². The van der Waals surface area contributed by atoms with Crippen LogP contribution >= 0.6 is 11.3 Å². The van der Waals surface area contributed by atoms with Crippen molar-refractivity contribution in [3.05, 3.63) is 66.1 Å². The molecule has 6 rings (SSSR count). The highest BCUT2D eigenvalue weighted by molar-refractivity contribution is 7.13. The minimum absolute atomic E-state index is 0.866. The molecule has 0 aliphatic carbocycles. The summed E-state index contributed by atoms with van der Waals surface area (Å²) in [5, 5.41) is 12.0. The predicted molar refractivity (Wildman–Crippen MR) is 121 cm³/mol. The Hall–Kier alpha value is -3.71. The average Bonchev–Trinajstić information content (AvgIpc) is 3.54. The second kappa shape index (κ2) is 6.40. The van der Waals surface area contributed by atoms with E-state index in [1.54, 1.807) is 11.3 Å². The van der Waals surface area contributed by atoms with Crippen LogP contribution in [0.1, 0.15) is 5.82 Å². The Balaban J connectivity index is 1.53. The maximum Gasteiger partial charge on any atom is 0.138 e. The lowest BCUT2D eigenvalue weighted by Gasteiger charge is -2.04. The molecule has 146 valence electrons. The number of imidazole rings is 1. The Morgan fingerprint density at radius 3 is 2.77 bits per heavy atom. The zero-order valence-corrected chi connectivity index (χ0v) is 17.3. The van der Waals surface area contributed by atoms with Gasteiger partial charge in [-0.25, -0.2) is 9.97 Å². The summed E-state index contributed by atoms with van der Waals surface area (Å²) in [7, 11) is 2.04. The van der Waals surface area contributed by atoms with Crippen LogP contribution in [-0.2, 0) is 7.05 Å². The van der Waals surface area contributed by atoms with E-state index in [2.05, 4.69) is 77.6 Å². The van der Waals surface area contributed by atoms with Gasteiger partial charge >= 0.3 is 0 Å². The molecule has 5 heterocycles. The molecule has 0 aliphatic rings. The van der Waals surface area contributed by atoms with E-state index in [1.165, 1.54) is 10.4 Å². The third kappa shape index (κ3) is 2.52. The number of hydrogen-bond donors (Lipinski definition) is 2. The van der Waals surface area contributed by atoms with Gasteiger partial charge in [-0.2, -0.15) is 5.10 Å². The van der Waals surface area contributed by atoms with E-state index in [-0.39, 0.29) is 0 Å². The van der Waals surface area contributed by atoms with Gasteiger partial charge in [0.05, 0.1) is 23.1 Å². The highest BCUT2D eigenvalue weighted by Crippen LogP contribution is 2.35. The quantitative estimate of drug-likeness (QED) is 0.402. The molecule has 0 amide bonds. The summed E-state index contributed by atoms with van der Waals surface area (Å²) in [4.78, 5) is 13.7. The molecule has 0 atom stereocenters. The van der Waals surface area contributed by atoms with Crippen LogP contribution in [0.15, 0.2) is 60.2 Å². The van der Waals surface area contributed by atoms with Crippen LogP contribution in [0, 0.1) is 6.92 Å². The van der Waals surface area contributed by atoms with Crippen LogP contribution < -0.4 is 0 Å². The van der Waals surface area contributed by atoms with Gasteiger partial charge in [-0.15, -0.1) is 11.3 Å². The van der Waals surface area contributed by atoms with E-state index >= 15 is 0 Å². The normalized spacial score (nSPS) is 11.7. The lowest BCUT2D eigenvalue weighted by Crippen LogP contribution is -1.94. The van der Waals surface area contributed by atoms with Gasteiger partial charge in [-0.05, 0) is 42.6 Å².